The van der Waals surface area contributed by atoms with E-state index in [4.69, 9.17) is 9.47 Å². The highest BCUT2D eigenvalue weighted by molar-refractivity contribution is 5.35. The molecule has 19 heavy (non-hydrogen) atoms. The Kier molecular flexibility index (Phi) is 5.67. The third-order valence-electron chi connectivity index (χ3n) is 3.52. The van der Waals surface area contributed by atoms with Crippen LogP contribution in [-0.2, 0) is 4.74 Å². The molecule has 0 spiro atoms. The molecule has 0 radical (unpaired) electrons. The van der Waals surface area contributed by atoms with Gasteiger partial charge in [-0.25, -0.2) is 0 Å². The van der Waals surface area contributed by atoms with Crippen LogP contribution in [0.4, 0.5) is 0 Å². The van der Waals surface area contributed by atoms with Crippen LogP contribution in [0.1, 0.15) is 31.7 Å². The summed E-state index contributed by atoms with van der Waals surface area (Å²) in [6, 6.07) is 8.35. The van der Waals surface area contributed by atoms with Crippen LogP contribution in [0.25, 0.3) is 0 Å². The molecule has 0 atom stereocenters. The van der Waals surface area contributed by atoms with Crippen LogP contribution in [0.5, 0.6) is 5.75 Å². The van der Waals surface area contributed by atoms with Gasteiger partial charge < -0.3 is 9.47 Å². The maximum atomic E-state index is 5.93. The van der Waals surface area contributed by atoms with Crippen LogP contribution in [0, 0.1) is 0 Å². The van der Waals surface area contributed by atoms with Crippen LogP contribution in [0.2, 0.25) is 0 Å². The Balaban J connectivity index is 1.73. The van der Waals surface area contributed by atoms with E-state index in [0.29, 0.717) is 5.92 Å². The number of morpholine rings is 1. The van der Waals surface area contributed by atoms with Gasteiger partial charge in [-0.2, -0.15) is 0 Å². The van der Waals surface area contributed by atoms with Gasteiger partial charge in [0.25, 0.3) is 0 Å². The largest absolute Gasteiger partial charge is 0.493 e. The van der Waals surface area contributed by atoms with Crippen molar-refractivity contribution in [2.45, 2.75) is 26.2 Å². The Morgan fingerprint density at radius 3 is 2.68 bits per heavy atom. The zero-order valence-corrected chi connectivity index (χ0v) is 12.1. The SMILES string of the molecule is CC(C)c1ccccc1OCCCN1CCOCC1. The lowest BCUT2D eigenvalue weighted by atomic mass is 10.0. The maximum Gasteiger partial charge on any atom is 0.122 e. The maximum absolute atomic E-state index is 5.93. The smallest absolute Gasteiger partial charge is 0.122 e. The molecule has 2 rings (SSSR count). The fourth-order valence-corrected chi connectivity index (χ4v) is 2.38. The lowest BCUT2D eigenvalue weighted by Crippen LogP contribution is -2.37. The van der Waals surface area contributed by atoms with Crippen molar-refractivity contribution in [1.29, 1.82) is 0 Å². The molecule has 0 aromatic heterocycles. The predicted octanol–water partition coefficient (Wildman–Crippen LogP) is 2.91. The highest BCUT2D eigenvalue weighted by atomic mass is 16.5. The van der Waals surface area contributed by atoms with Gasteiger partial charge in [0.2, 0.25) is 0 Å². The number of para-hydroxylation sites is 1. The van der Waals surface area contributed by atoms with Crippen molar-refractivity contribution < 1.29 is 9.47 Å². The van der Waals surface area contributed by atoms with E-state index < -0.39 is 0 Å². The van der Waals surface area contributed by atoms with Crippen molar-refractivity contribution in [3.05, 3.63) is 29.8 Å². The van der Waals surface area contributed by atoms with Gasteiger partial charge in [0.1, 0.15) is 5.75 Å². The topological polar surface area (TPSA) is 21.7 Å². The van der Waals surface area contributed by atoms with Crippen molar-refractivity contribution in [2.75, 3.05) is 39.5 Å². The van der Waals surface area contributed by atoms with Crippen LogP contribution in [0.3, 0.4) is 0 Å². The zero-order chi connectivity index (χ0) is 13.5. The van der Waals surface area contributed by atoms with Gasteiger partial charge in [0, 0.05) is 19.6 Å². The highest BCUT2D eigenvalue weighted by Gasteiger charge is 2.10. The normalized spacial score (nSPS) is 16.8. The van der Waals surface area contributed by atoms with Crippen LogP contribution in [-0.4, -0.2) is 44.4 Å². The third-order valence-corrected chi connectivity index (χ3v) is 3.52. The lowest BCUT2D eigenvalue weighted by molar-refractivity contribution is 0.0358. The molecule has 3 nitrogen and oxygen atoms in total. The molecule has 1 fully saturated rings. The molecule has 1 aromatic rings. The third kappa shape index (κ3) is 4.51. The van der Waals surface area contributed by atoms with Crippen LogP contribution >= 0.6 is 0 Å². The second kappa shape index (κ2) is 7.51. The Bertz CT molecular complexity index is 373. The Morgan fingerprint density at radius 1 is 1.21 bits per heavy atom. The molecule has 1 aromatic carbocycles. The van der Waals surface area contributed by atoms with Crippen molar-refractivity contribution in [3.8, 4) is 5.75 Å². The number of rotatable bonds is 6. The summed E-state index contributed by atoms with van der Waals surface area (Å²) in [4.78, 5) is 2.45. The van der Waals surface area contributed by atoms with Crippen molar-refractivity contribution in [3.63, 3.8) is 0 Å². The first-order valence-electron chi connectivity index (χ1n) is 7.29. The minimum atomic E-state index is 0.510. The Morgan fingerprint density at radius 2 is 1.95 bits per heavy atom. The molecule has 0 bridgehead atoms. The molecule has 1 aliphatic heterocycles. The zero-order valence-electron chi connectivity index (χ0n) is 12.1. The average Bonchev–Trinajstić information content (AvgIpc) is 2.45. The Labute approximate surface area is 116 Å². The van der Waals surface area contributed by atoms with Gasteiger partial charge in [0.15, 0.2) is 0 Å². The van der Waals surface area contributed by atoms with Crippen LogP contribution < -0.4 is 4.74 Å². The highest BCUT2D eigenvalue weighted by Crippen LogP contribution is 2.25. The number of hydrogen-bond donors (Lipinski definition) is 0. The monoisotopic (exact) mass is 263 g/mol. The average molecular weight is 263 g/mol. The second-order valence-corrected chi connectivity index (χ2v) is 5.35. The van der Waals surface area contributed by atoms with E-state index in [1.807, 2.05) is 6.07 Å². The van der Waals surface area contributed by atoms with E-state index in [2.05, 4.69) is 36.9 Å². The Hall–Kier alpha value is -1.06. The quantitative estimate of drug-likeness (QED) is 0.737. The molecule has 0 saturated carbocycles. The number of nitrogens with zero attached hydrogens (tertiary/aromatic N) is 1. The summed E-state index contributed by atoms with van der Waals surface area (Å²) >= 11 is 0. The molecule has 1 saturated heterocycles. The van der Waals surface area contributed by atoms with Crippen molar-refractivity contribution >= 4 is 0 Å². The van der Waals surface area contributed by atoms with Gasteiger partial charge in [-0.1, -0.05) is 32.0 Å². The first-order chi connectivity index (χ1) is 9.27. The second-order valence-electron chi connectivity index (χ2n) is 5.35. The lowest BCUT2D eigenvalue weighted by Gasteiger charge is -2.26. The predicted molar refractivity (Wildman–Crippen MR) is 77.9 cm³/mol. The number of ether oxygens (including phenoxy) is 2. The molecular formula is C16H25NO2. The van der Waals surface area contributed by atoms with E-state index in [1.165, 1.54) is 5.56 Å². The summed E-state index contributed by atoms with van der Waals surface area (Å²) in [7, 11) is 0. The standard InChI is InChI=1S/C16H25NO2/c1-14(2)15-6-3-4-7-16(15)19-11-5-8-17-9-12-18-13-10-17/h3-4,6-7,14H,5,8-13H2,1-2H3. The minimum absolute atomic E-state index is 0.510. The van der Waals surface area contributed by atoms with E-state index in [-0.39, 0.29) is 0 Å². The van der Waals surface area contributed by atoms with Crippen molar-refractivity contribution in [2.24, 2.45) is 0 Å². The van der Waals surface area contributed by atoms with Gasteiger partial charge in [-0.15, -0.1) is 0 Å². The summed E-state index contributed by atoms with van der Waals surface area (Å²) in [5.41, 5.74) is 1.30. The molecule has 3 heteroatoms. The van der Waals surface area contributed by atoms with E-state index in [0.717, 1.165) is 51.6 Å². The molecule has 0 N–H and O–H groups in total. The summed E-state index contributed by atoms with van der Waals surface area (Å²) in [5, 5.41) is 0. The molecule has 1 aliphatic rings. The molecule has 0 amide bonds. The molecule has 106 valence electrons. The molecular weight excluding hydrogens is 238 g/mol. The van der Waals surface area contributed by atoms with Gasteiger partial charge in [-0.05, 0) is 24.0 Å². The summed E-state index contributed by atoms with van der Waals surface area (Å²) in [5.74, 6) is 1.55. The van der Waals surface area contributed by atoms with Crippen LogP contribution in [0.15, 0.2) is 24.3 Å². The molecule has 0 aliphatic carbocycles. The van der Waals surface area contributed by atoms with Crippen molar-refractivity contribution in [1.82, 2.24) is 4.90 Å². The number of hydrogen-bond acceptors (Lipinski definition) is 3. The summed E-state index contributed by atoms with van der Waals surface area (Å²) in [6.07, 6.45) is 1.08. The molecule has 0 unspecified atom stereocenters. The summed E-state index contributed by atoms with van der Waals surface area (Å²) < 4.78 is 11.3. The minimum Gasteiger partial charge on any atom is -0.493 e. The van der Waals surface area contributed by atoms with Gasteiger partial charge >= 0.3 is 0 Å². The van der Waals surface area contributed by atoms with Gasteiger partial charge in [-0.3, -0.25) is 4.90 Å². The fraction of sp³-hybridized carbons (Fsp3) is 0.625. The molecule has 1 heterocycles. The van der Waals surface area contributed by atoms with Gasteiger partial charge in [0.05, 0.1) is 19.8 Å². The van der Waals surface area contributed by atoms with E-state index >= 15 is 0 Å². The first kappa shape index (κ1) is 14.4. The number of benzene rings is 1. The fourth-order valence-electron chi connectivity index (χ4n) is 2.38. The van der Waals surface area contributed by atoms with E-state index in [1.54, 1.807) is 0 Å². The first-order valence-corrected chi connectivity index (χ1v) is 7.29. The summed E-state index contributed by atoms with van der Waals surface area (Å²) in [6.45, 7) is 10.2. The van der Waals surface area contributed by atoms with E-state index in [9.17, 15) is 0 Å².